The molecule has 0 aliphatic rings. The number of hydrogen-bond donors (Lipinski definition) is 1. The van der Waals surface area contributed by atoms with Crippen LogP contribution in [0, 0.1) is 18.6 Å². The number of nitrogens with one attached hydrogen (secondary N) is 1. The molecule has 4 nitrogen and oxygen atoms in total. The largest absolute Gasteiger partial charge is 0.355 e. The van der Waals surface area contributed by atoms with Crippen molar-refractivity contribution in [1.29, 1.82) is 0 Å². The normalized spacial score (nSPS) is 10.6. The van der Waals surface area contributed by atoms with Crippen molar-refractivity contribution in [3.05, 3.63) is 77.5 Å². The summed E-state index contributed by atoms with van der Waals surface area (Å²) in [5.41, 5.74) is 2.03. The minimum Gasteiger partial charge on any atom is -0.355 e. The van der Waals surface area contributed by atoms with Gasteiger partial charge in [0.25, 0.3) is 0 Å². The van der Waals surface area contributed by atoms with Crippen LogP contribution in [0.15, 0.2) is 54.6 Å². The Hall–Kier alpha value is -3.02. The van der Waals surface area contributed by atoms with E-state index in [-0.39, 0.29) is 11.6 Å². The molecule has 3 rings (SSSR count). The summed E-state index contributed by atoms with van der Waals surface area (Å²) < 4.78 is 26.8. The van der Waals surface area contributed by atoms with Crippen molar-refractivity contribution in [3.63, 3.8) is 0 Å². The van der Waals surface area contributed by atoms with E-state index >= 15 is 0 Å². The highest BCUT2D eigenvalue weighted by atomic mass is 19.1. The van der Waals surface area contributed by atoms with Crippen LogP contribution in [0.2, 0.25) is 0 Å². The van der Waals surface area contributed by atoms with Crippen LogP contribution < -0.4 is 10.2 Å². The first-order valence-electron chi connectivity index (χ1n) is 7.84. The van der Waals surface area contributed by atoms with Gasteiger partial charge in [0.1, 0.15) is 17.5 Å². The van der Waals surface area contributed by atoms with Gasteiger partial charge >= 0.3 is 0 Å². The van der Waals surface area contributed by atoms with Gasteiger partial charge in [-0.05, 0) is 24.6 Å². The van der Waals surface area contributed by atoms with E-state index in [1.807, 2.05) is 55.3 Å². The van der Waals surface area contributed by atoms with Crippen molar-refractivity contribution in [2.45, 2.75) is 13.5 Å². The molecule has 0 saturated heterocycles. The van der Waals surface area contributed by atoms with Gasteiger partial charge in [-0.2, -0.15) is 4.98 Å². The van der Waals surface area contributed by atoms with Gasteiger partial charge in [-0.3, -0.25) is 0 Å². The molecular formula is C19H18F2N4. The quantitative estimate of drug-likeness (QED) is 0.745. The van der Waals surface area contributed by atoms with E-state index in [0.29, 0.717) is 12.4 Å². The van der Waals surface area contributed by atoms with Crippen LogP contribution in [0.3, 0.4) is 0 Å². The molecular weight excluding hydrogens is 322 g/mol. The molecule has 1 aromatic heterocycles. The summed E-state index contributed by atoms with van der Waals surface area (Å²) in [6, 6.07) is 15.2. The number of halogens is 2. The highest BCUT2D eigenvalue weighted by Crippen LogP contribution is 2.21. The van der Waals surface area contributed by atoms with Gasteiger partial charge in [-0.1, -0.05) is 30.3 Å². The van der Waals surface area contributed by atoms with E-state index in [1.165, 1.54) is 12.1 Å². The SMILES string of the molecule is Cc1cc(N(C)Cc2ccccc2)nc(Nc2ccc(F)cc2F)n1. The highest BCUT2D eigenvalue weighted by Gasteiger charge is 2.10. The van der Waals surface area contributed by atoms with E-state index in [4.69, 9.17) is 0 Å². The number of benzene rings is 2. The van der Waals surface area contributed by atoms with Crippen LogP contribution >= 0.6 is 0 Å². The number of nitrogens with zero attached hydrogens (tertiary/aromatic N) is 3. The second kappa shape index (κ2) is 7.25. The van der Waals surface area contributed by atoms with Gasteiger partial charge < -0.3 is 10.2 Å². The van der Waals surface area contributed by atoms with Crippen molar-refractivity contribution in [1.82, 2.24) is 9.97 Å². The topological polar surface area (TPSA) is 41.1 Å². The zero-order valence-electron chi connectivity index (χ0n) is 14.0. The molecule has 0 spiro atoms. The third-order valence-corrected chi connectivity index (χ3v) is 3.67. The van der Waals surface area contributed by atoms with Gasteiger partial charge in [0.15, 0.2) is 0 Å². The van der Waals surface area contributed by atoms with Crippen molar-refractivity contribution in [2.75, 3.05) is 17.3 Å². The maximum atomic E-state index is 13.8. The van der Waals surface area contributed by atoms with E-state index in [0.717, 1.165) is 17.3 Å². The Labute approximate surface area is 145 Å². The Morgan fingerprint density at radius 3 is 2.48 bits per heavy atom. The lowest BCUT2D eigenvalue weighted by Gasteiger charge is -2.19. The van der Waals surface area contributed by atoms with Crippen molar-refractivity contribution in [3.8, 4) is 0 Å². The van der Waals surface area contributed by atoms with E-state index in [1.54, 1.807) is 0 Å². The second-order valence-corrected chi connectivity index (χ2v) is 5.78. The van der Waals surface area contributed by atoms with Crippen LogP contribution in [0.1, 0.15) is 11.3 Å². The number of rotatable bonds is 5. The minimum atomic E-state index is -0.690. The summed E-state index contributed by atoms with van der Waals surface area (Å²) in [4.78, 5) is 10.7. The zero-order chi connectivity index (χ0) is 17.8. The van der Waals surface area contributed by atoms with Gasteiger partial charge in [-0.25, -0.2) is 13.8 Å². The van der Waals surface area contributed by atoms with Gasteiger partial charge in [-0.15, -0.1) is 0 Å². The lowest BCUT2D eigenvalue weighted by molar-refractivity contribution is 0.586. The Kier molecular flexibility index (Phi) is 4.88. The molecule has 1 heterocycles. The van der Waals surface area contributed by atoms with E-state index in [9.17, 15) is 8.78 Å². The number of hydrogen-bond acceptors (Lipinski definition) is 4. The van der Waals surface area contributed by atoms with Crippen molar-refractivity contribution >= 4 is 17.5 Å². The Balaban J connectivity index is 1.82. The standard InChI is InChI=1S/C19H18F2N4/c1-13-10-18(25(2)12-14-6-4-3-5-7-14)24-19(22-13)23-17-9-8-15(20)11-16(17)21/h3-11H,12H2,1-2H3,(H,22,23,24). The molecule has 0 saturated carbocycles. The molecule has 0 fully saturated rings. The van der Waals surface area contributed by atoms with Crippen molar-refractivity contribution < 1.29 is 8.78 Å². The molecule has 0 bridgehead atoms. The monoisotopic (exact) mass is 340 g/mol. The number of anilines is 3. The third-order valence-electron chi connectivity index (χ3n) is 3.67. The molecule has 0 aliphatic heterocycles. The second-order valence-electron chi connectivity index (χ2n) is 5.78. The summed E-state index contributed by atoms with van der Waals surface area (Å²) in [6.45, 7) is 2.52. The fraction of sp³-hybridized carbons (Fsp3) is 0.158. The highest BCUT2D eigenvalue weighted by molar-refractivity contribution is 5.56. The van der Waals surface area contributed by atoms with Crippen LogP contribution in [0.5, 0.6) is 0 Å². The summed E-state index contributed by atoms with van der Waals surface area (Å²) >= 11 is 0. The van der Waals surface area contributed by atoms with E-state index in [2.05, 4.69) is 15.3 Å². The molecule has 0 unspecified atom stereocenters. The Bertz CT molecular complexity index is 869. The summed E-state index contributed by atoms with van der Waals surface area (Å²) in [7, 11) is 1.93. The predicted molar refractivity (Wildman–Crippen MR) is 95.0 cm³/mol. The van der Waals surface area contributed by atoms with Crippen LogP contribution in [0.25, 0.3) is 0 Å². The molecule has 128 valence electrons. The first kappa shape index (κ1) is 16.8. The average Bonchev–Trinajstić information content (AvgIpc) is 2.58. The fourth-order valence-corrected chi connectivity index (χ4v) is 2.45. The van der Waals surface area contributed by atoms with Crippen LogP contribution in [0.4, 0.5) is 26.2 Å². The summed E-state index contributed by atoms with van der Waals surface area (Å²) in [5, 5.41) is 2.81. The molecule has 2 aromatic carbocycles. The third kappa shape index (κ3) is 4.29. The maximum absolute atomic E-state index is 13.8. The molecule has 6 heteroatoms. The minimum absolute atomic E-state index is 0.128. The Morgan fingerprint density at radius 1 is 1.00 bits per heavy atom. The van der Waals surface area contributed by atoms with Gasteiger partial charge in [0.2, 0.25) is 5.95 Å². The number of aryl methyl sites for hydroxylation is 1. The van der Waals surface area contributed by atoms with Crippen LogP contribution in [-0.4, -0.2) is 17.0 Å². The van der Waals surface area contributed by atoms with Gasteiger partial charge in [0, 0.05) is 31.4 Å². The molecule has 3 aromatic rings. The molecule has 0 amide bonds. The fourth-order valence-electron chi connectivity index (χ4n) is 2.45. The molecule has 0 aliphatic carbocycles. The lowest BCUT2D eigenvalue weighted by Crippen LogP contribution is -2.18. The molecule has 25 heavy (non-hydrogen) atoms. The predicted octanol–water partition coefficient (Wildman–Crippen LogP) is 4.44. The maximum Gasteiger partial charge on any atom is 0.229 e. The lowest BCUT2D eigenvalue weighted by atomic mass is 10.2. The van der Waals surface area contributed by atoms with Gasteiger partial charge in [0.05, 0.1) is 5.69 Å². The molecule has 0 radical (unpaired) electrons. The smallest absolute Gasteiger partial charge is 0.229 e. The van der Waals surface area contributed by atoms with Crippen molar-refractivity contribution in [2.24, 2.45) is 0 Å². The Morgan fingerprint density at radius 2 is 1.76 bits per heavy atom. The summed E-state index contributed by atoms with van der Waals surface area (Å²) in [6.07, 6.45) is 0. The molecule has 0 atom stereocenters. The summed E-state index contributed by atoms with van der Waals surface area (Å²) in [5.74, 6) is -0.345. The van der Waals surface area contributed by atoms with Crippen LogP contribution in [-0.2, 0) is 6.54 Å². The molecule has 1 N–H and O–H groups in total. The zero-order valence-corrected chi connectivity index (χ0v) is 14.0. The average molecular weight is 340 g/mol. The van der Waals surface area contributed by atoms with E-state index < -0.39 is 11.6 Å². The number of aromatic nitrogens is 2. The first-order chi connectivity index (χ1) is 12.0. The first-order valence-corrected chi connectivity index (χ1v) is 7.84.